The minimum atomic E-state index is -0.356. The van der Waals surface area contributed by atoms with Gasteiger partial charge in [0.2, 0.25) is 0 Å². The highest BCUT2D eigenvalue weighted by atomic mass is 16.2. The maximum atomic E-state index is 13.1. The Morgan fingerprint density at radius 2 is 1.59 bits per heavy atom. The minimum Gasteiger partial charge on any atom is -0.358 e. The molecule has 0 aliphatic carbocycles. The van der Waals surface area contributed by atoms with E-state index in [1.54, 1.807) is 67.6 Å². The fourth-order valence-electron chi connectivity index (χ4n) is 4.56. The van der Waals surface area contributed by atoms with Crippen LogP contribution < -0.4 is 16.0 Å². The van der Waals surface area contributed by atoms with Gasteiger partial charge in [-0.05, 0) is 74.4 Å². The van der Waals surface area contributed by atoms with Gasteiger partial charge in [0, 0.05) is 50.7 Å². The number of benzene rings is 3. The number of aldehydes is 1. The van der Waals surface area contributed by atoms with Crippen LogP contribution in [0.1, 0.15) is 59.2 Å². The molecule has 4 aromatic rings. The quantitative estimate of drug-likeness (QED) is 0.192. The number of aromatic amines is 1. The summed E-state index contributed by atoms with van der Waals surface area (Å²) in [5.74, 6) is -0.896. The maximum absolute atomic E-state index is 13.1. The van der Waals surface area contributed by atoms with Crippen molar-refractivity contribution in [3.63, 3.8) is 0 Å². The van der Waals surface area contributed by atoms with E-state index >= 15 is 0 Å². The highest BCUT2D eigenvalue weighted by Gasteiger charge is 2.26. The number of fused-ring (bicyclic) bond motifs is 1. The summed E-state index contributed by atoms with van der Waals surface area (Å²) in [7, 11) is 0. The van der Waals surface area contributed by atoms with Crippen LogP contribution in [-0.2, 0) is 4.79 Å². The molecule has 0 spiro atoms. The highest BCUT2D eigenvalue weighted by molar-refractivity contribution is 6.35. The van der Waals surface area contributed by atoms with Crippen LogP contribution in [0.2, 0.25) is 0 Å². The first-order valence-electron chi connectivity index (χ1n) is 12.4. The molecule has 0 fully saturated rings. The summed E-state index contributed by atoms with van der Waals surface area (Å²) in [6.45, 7) is 5.49. The number of aromatic nitrogens is 1. The molecule has 3 amide bonds. The molecular weight excluding hydrogens is 492 g/mol. The third-order valence-electron chi connectivity index (χ3n) is 6.79. The van der Waals surface area contributed by atoms with Crippen molar-refractivity contribution in [1.82, 2.24) is 4.98 Å². The van der Waals surface area contributed by atoms with E-state index in [0.29, 0.717) is 50.6 Å². The Balaban J connectivity index is 1.36. The number of carbonyl (C=O) groups excluding carboxylic acids is 4. The average molecular weight is 519 g/mol. The normalized spacial score (nSPS) is 13.1. The molecule has 0 atom stereocenters. The number of aryl methyl sites for hydroxylation is 2. The van der Waals surface area contributed by atoms with Crippen LogP contribution in [0, 0.1) is 20.8 Å². The molecule has 1 aliphatic rings. The van der Waals surface area contributed by atoms with Crippen molar-refractivity contribution in [3.05, 3.63) is 111 Å². The molecule has 5 rings (SSSR count). The van der Waals surface area contributed by atoms with Crippen LogP contribution in [0.5, 0.6) is 0 Å². The number of nitrogens with one attached hydrogen (secondary N) is 4. The Kier molecular flexibility index (Phi) is 6.68. The number of anilines is 3. The second-order valence-electron chi connectivity index (χ2n) is 9.40. The molecule has 0 saturated carbocycles. The Morgan fingerprint density at radius 3 is 2.31 bits per heavy atom. The van der Waals surface area contributed by atoms with Crippen molar-refractivity contribution in [2.24, 2.45) is 0 Å². The smallest absolute Gasteiger partial charge is 0.256 e. The highest BCUT2D eigenvalue weighted by Crippen LogP contribution is 2.35. The van der Waals surface area contributed by atoms with Crippen LogP contribution in [0.15, 0.2) is 66.7 Å². The first-order chi connectivity index (χ1) is 18.7. The van der Waals surface area contributed by atoms with Crippen LogP contribution in [0.3, 0.4) is 0 Å². The summed E-state index contributed by atoms with van der Waals surface area (Å²) >= 11 is 0. The zero-order chi connectivity index (χ0) is 27.7. The van der Waals surface area contributed by atoms with E-state index in [9.17, 15) is 19.2 Å². The molecule has 8 nitrogen and oxygen atoms in total. The summed E-state index contributed by atoms with van der Waals surface area (Å²) in [6, 6.07) is 19.2. The van der Waals surface area contributed by atoms with Crippen LogP contribution in [0.25, 0.3) is 11.6 Å². The second-order valence-corrected chi connectivity index (χ2v) is 9.40. The summed E-state index contributed by atoms with van der Waals surface area (Å²) in [5.41, 5.74) is 7.22. The lowest BCUT2D eigenvalue weighted by atomic mass is 10.0. The van der Waals surface area contributed by atoms with E-state index in [0.717, 1.165) is 23.1 Å². The summed E-state index contributed by atoms with van der Waals surface area (Å²) < 4.78 is 0. The van der Waals surface area contributed by atoms with Crippen molar-refractivity contribution >= 4 is 52.7 Å². The zero-order valence-electron chi connectivity index (χ0n) is 21.6. The second kappa shape index (κ2) is 10.3. The molecule has 0 saturated heterocycles. The molecule has 8 heteroatoms. The van der Waals surface area contributed by atoms with Crippen molar-refractivity contribution in [2.75, 3.05) is 16.0 Å². The van der Waals surface area contributed by atoms with E-state index in [2.05, 4.69) is 20.9 Å². The van der Waals surface area contributed by atoms with Crippen molar-refractivity contribution in [1.29, 1.82) is 0 Å². The lowest BCUT2D eigenvalue weighted by molar-refractivity contribution is -0.110. The van der Waals surface area contributed by atoms with Gasteiger partial charge >= 0.3 is 0 Å². The Morgan fingerprint density at radius 1 is 0.846 bits per heavy atom. The zero-order valence-corrected chi connectivity index (χ0v) is 21.6. The molecule has 0 radical (unpaired) electrons. The predicted molar refractivity (Wildman–Crippen MR) is 152 cm³/mol. The molecule has 2 heterocycles. The van der Waals surface area contributed by atoms with Crippen LogP contribution in [-0.4, -0.2) is 29.0 Å². The number of hydrogen-bond donors (Lipinski definition) is 4. The molecular formula is C31H26N4O4. The van der Waals surface area contributed by atoms with Crippen LogP contribution >= 0.6 is 0 Å². The van der Waals surface area contributed by atoms with E-state index in [1.165, 1.54) is 0 Å². The average Bonchev–Trinajstić information content (AvgIpc) is 3.39. The molecule has 0 unspecified atom stereocenters. The summed E-state index contributed by atoms with van der Waals surface area (Å²) in [6.07, 6.45) is 2.51. The lowest BCUT2D eigenvalue weighted by Gasteiger charge is -2.12. The van der Waals surface area contributed by atoms with Gasteiger partial charge in [-0.2, -0.15) is 0 Å². The predicted octanol–water partition coefficient (Wildman–Crippen LogP) is 5.75. The Labute approximate surface area is 225 Å². The standard InChI is InChI=1S/C31H26N4O4/c1-17-9-11-22(33-29(37)20-7-5-4-6-8-20)14-26(17)34-30(38)21-10-12-23-24(31(39)35-28(23)13-21)15-27-18(2)25(16-36)19(3)32-27/h4-16,32H,1-3H3,(H,33,37)(H,34,38)(H,35,39)/b24-15-. The molecule has 0 bridgehead atoms. The third-order valence-corrected chi connectivity index (χ3v) is 6.79. The van der Waals surface area contributed by atoms with Gasteiger partial charge in [-0.1, -0.05) is 30.3 Å². The third kappa shape index (κ3) is 5.00. The first kappa shape index (κ1) is 25.4. The lowest BCUT2D eigenvalue weighted by Crippen LogP contribution is -2.15. The van der Waals surface area contributed by atoms with Gasteiger partial charge in [0.1, 0.15) is 0 Å². The molecule has 1 aliphatic heterocycles. The number of hydrogen-bond acceptors (Lipinski definition) is 4. The minimum absolute atomic E-state index is 0.248. The molecule has 194 valence electrons. The van der Waals surface area contributed by atoms with Crippen molar-refractivity contribution in [2.45, 2.75) is 20.8 Å². The van der Waals surface area contributed by atoms with Gasteiger partial charge < -0.3 is 20.9 Å². The Bertz CT molecular complexity index is 1680. The van der Waals surface area contributed by atoms with Gasteiger partial charge in [0.25, 0.3) is 17.7 Å². The molecule has 3 aromatic carbocycles. The number of H-pyrrole nitrogens is 1. The van der Waals surface area contributed by atoms with Crippen molar-refractivity contribution in [3.8, 4) is 0 Å². The van der Waals surface area contributed by atoms with E-state index < -0.39 is 0 Å². The van der Waals surface area contributed by atoms with Crippen LogP contribution in [0.4, 0.5) is 17.1 Å². The van der Waals surface area contributed by atoms with Gasteiger partial charge in [-0.25, -0.2) is 0 Å². The van der Waals surface area contributed by atoms with Gasteiger partial charge in [0.15, 0.2) is 6.29 Å². The van der Waals surface area contributed by atoms with E-state index in [-0.39, 0.29) is 17.7 Å². The van der Waals surface area contributed by atoms with Gasteiger partial charge in [-0.3, -0.25) is 19.2 Å². The topological polar surface area (TPSA) is 120 Å². The first-order valence-corrected chi connectivity index (χ1v) is 12.4. The molecule has 4 N–H and O–H groups in total. The number of carbonyl (C=O) groups is 4. The molecule has 1 aromatic heterocycles. The number of amides is 3. The largest absolute Gasteiger partial charge is 0.358 e. The van der Waals surface area contributed by atoms with Crippen molar-refractivity contribution < 1.29 is 19.2 Å². The Hall–Kier alpha value is -5.24. The number of rotatable bonds is 6. The van der Waals surface area contributed by atoms with Gasteiger partial charge in [-0.15, -0.1) is 0 Å². The fraction of sp³-hybridized carbons (Fsp3) is 0.0968. The monoisotopic (exact) mass is 518 g/mol. The maximum Gasteiger partial charge on any atom is 0.256 e. The summed E-state index contributed by atoms with van der Waals surface area (Å²) in [4.78, 5) is 52.9. The molecule has 39 heavy (non-hydrogen) atoms. The summed E-state index contributed by atoms with van der Waals surface area (Å²) in [5, 5.41) is 8.57. The van der Waals surface area contributed by atoms with Gasteiger partial charge in [0.05, 0.1) is 5.57 Å². The van der Waals surface area contributed by atoms with E-state index in [4.69, 9.17) is 0 Å². The van der Waals surface area contributed by atoms with E-state index in [1.807, 2.05) is 26.0 Å². The SMILES string of the molecule is Cc1ccc(NC(=O)c2ccccc2)cc1NC(=O)c1ccc2c(c1)NC(=O)/C2=C\c1[nH]c(C)c(C=O)c1C. The fourth-order valence-corrected chi connectivity index (χ4v) is 4.56.